The molecule has 1 amide bonds. The number of amides is 1. The number of rotatable bonds is 8. The molecule has 0 saturated heterocycles. The number of carboxylic acid groups (broad SMARTS) is 1. The first-order valence-electron chi connectivity index (χ1n) is 6.69. The van der Waals surface area contributed by atoms with Crippen molar-refractivity contribution in [3.05, 3.63) is 44.8 Å². The van der Waals surface area contributed by atoms with Crippen LogP contribution < -0.4 is 5.32 Å². The normalized spacial score (nSPS) is 12.0. The molecule has 2 rings (SSSR count). The monoisotopic (exact) mass is 323 g/mol. The largest absolute Gasteiger partial charge is 0.481 e. The molecule has 6 heteroatoms. The van der Waals surface area contributed by atoms with Crippen molar-refractivity contribution in [2.24, 2.45) is 0 Å². The number of carboxylic acids is 1. The van der Waals surface area contributed by atoms with Gasteiger partial charge < -0.3 is 10.4 Å². The van der Waals surface area contributed by atoms with Crippen LogP contribution in [-0.2, 0) is 16.0 Å². The zero-order chi connectivity index (χ0) is 15.1. The minimum atomic E-state index is -0.875. The summed E-state index contributed by atoms with van der Waals surface area (Å²) in [5, 5.41) is 15.7. The molecule has 2 N–H and O–H groups in total. The lowest BCUT2D eigenvalue weighted by molar-refractivity contribution is -0.137. The second-order valence-corrected chi connectivity index (χ2v) is 6.71. The molecule has 0 unspecified atom stereocenters. The van der Waals surface area contributed by atoms with Gasteiger partial charge in [0.15, 0.2) is 0 Å². The minimum Gasteiger partial charge on any atom is -0.481 e. The molecule has 0 aliphatic rings. The summed E-state index contributed by atoms with van der Waals surface area (Å²) in [6, 6.07) is 7.79. The molecule has 0 aliphatic carbocycles. The van der Waals surface area contributed by atoms with E-state index in [0.717, 1.165) is 11.3 Å². The quantitative estimate of drug-likeness (QED) is 0.784. The second kappa shape index (κ2) is 7.95. The number of aliphatic carboxylic acids is 1. The Bertz CT molecular complexity index is 564. The molecule has 0 saturated carbocycles. The van der Waals surface area contributed by atoms with Crippen molar-refractivity contribution in [1.82, 2.24) is 5.32 Å². The van der Waals surface area contributed by atoms with E-state index in [-0.39, 0.29) is 24.7 Å². The highest BCUT2D eigenvalue weighted by atomic mass is 32.1. The number of hydrogen-bond donors (Lipinski definition) is 2. The molecule has 0 radical (unpaired) electrons. The number of nitrogens with one attached hydrogen (secondary N) is 1. The fourth-order valence-corrected chi connectivity index (χ4v) is 3.62. The Morgan fingerprint density at radius 3 is 2.52 bits per heavy atom. The average molecular weight is 323 g/mol. The lowest BCUT2D eigenvalue weighted by atomic mass is 9.99. The zero-order valence-electron chi connectivity index (χ0n) is 11.5. The number of carbonyl (C=O) groups is 2. The summed E-state index contributed by atoms with van der Waals surface area (Å²) >= 11 is 3.16. The van der Waals surface area contributed by atoms with E-state index in [0.29, 0.717) is 6.54 Å². The lowest BCUT2D eigenvalue weighted by Gasteiger charge is -2.13. The summed E-state index contributed by atoms with van der Waals surface area (Å²) in [4.78, 5) is 25.1. The molecular weight excluding hydrogens is 306 g/mol. The molecule has 2 aromatic heterocycles. The molecule has 2 aromatic rings. The van der Waals surface area contributed by atoms with Gasteiger partial charge in [-0.2, -0.15) is 0 Å². The predicted octanol–water partition coefficient (Wildman–Crippen LogP) is 3.12. The van der Waals surface area contributed by atoms with Crippen LogP contribution in [-0.4, -0.2) is 23.5 Å². The van der Waals surface area contributed by atoms with Crippen molar-refractivity contribution in [1.29, 1.82) is 0 Å². The van der Waals surface area contributed by atoms with E-state index < -0.39 is 5.97 Å². The van der Waals surface area contributed by atoms with Crippen LogP contribution in [0.25, 0.3) is 0 Å². The van der Waals surface area contributed by atoms with Crippen molar-refractivity contribution in [3.63, 3.8) is 0 Å². The summed E-state index contributed by atoms with van der Waals surface area (Å²) in [6.45, 7) is 0.587. The average Bonchev–Trinajstić information content (AvgIpc) is 3.10. The van der Waals surface area contributed by atoms with Gasteiger partial charge in [-0.1, -0.05) is 12.1 Å². The van der Waals surface area contributed by atoms with Crippen LogP contribution in [0.15, 0.2) is 35.0 Å². The van der Waals surface area contributed by atoms with Gasteiger partial charge in [0.25, 0.3) is 0 Å². The molecule has 21 heavy (non-hydrogen) atoms. The van der Waals surface area contributed by atoms with Crippen LogP contribution in [0.2, 0.25) is 0 Å². The van der Waals surface area contributed by atoms with Crippen molar-refractivity contribution >= 4 is 34.6 Å². The summed E-state index contributed by atoms with van der Waals surface area (Å²) in [6.07, 6.45) is 1.02. The summed E-state index contributed by atoms with van der Waals surface area (Å²) in [5.41, 5.74) is 0. The van der Waals surface area contributed by atoms with E-state index in [1.807, 2.05) is 35.0 Å². The minimum absolute atomic E-state index is 0.0150. The third-order valence-electron chi connectivity index (χ3n) is 3.07. The van der Waals surface area contributed by atoms with Gasteiger partial charge >= 0.3 is 5.97 Å². The van der Waals surface area contributed by atoms with Gasteiger partial charge in [0, 0.05) is 28.6 Å². The first kappa shape index (κ1) is 15.7. The van der Waals surface area contributed by atoms with E-state index in [2.05, 4.69) is 5.32 Å². The Morgan fingerprint density at radius 2 is 1.90 bits per heavy atom. The van der Waals surface area contributed by atoms with E-state index in [9.17, 15) is 9.59 Å². The Hall–Kier alpha value is -1.66. The van der Waals surface area contributed by atoms with Crippen LogP contribution in [0, 0.1) is 0 Å². The third-order valence-corrected chi connectivity index (χ3v) is 5.04. The van der Waals surface area contributed by atoms with Gasteiger partial charge in [0.2, 0.25) is 5.91 Å². The van der Waals surface area contributed by atoms with Gasteiger partial charge in [0.05, 0.1) is 6.42 Å². The Labute approximate surface area is 131 Å². The van der Waals surface area contributed by atoms with Gasteiger partial charge in [-0.05, 0) is 29.3 Å². The zero-order valence-corrected chi connectivity index (χ0v) is 13.1. The highest BCUT2D eigenvalue weighted by Crippen LogP contribution is 2.27. The van der Waals surface area contributed by atoms with Crippen LogP contribution in [0.4, 0.5) is 0 Å². The number of carbonyl (C=O) groups excluding carboxylic acids is 1. The number of thiophene rings is 2. The predicted molar refractivity (Wildman–Crippen MR) is 85.0 cm³/mol. The maximum atomic E-state index is 12.0. The Kier molecular flexibility index (Phi) is 5.95. The van der Waals surface area contributed by atoms with Crippen molar-refractivity contribution in [2.75, 3.05) is 6.54 Å². The molecular formula is C15H17NO3S2. The fraction of sp³-hybridized carbons (Fsp3) is 0.333. The molecule has 0 fully saturated rings. The maximum absolute atomic E-state index is 12.0. The molecule has 2 heterocycles. The van der Waals surface area contributed by atoms with E-state index >= 15 is 0 Å². The first-order valence-corrected chi connectivity index (χ1v) is 8.45. The Morgan fingerprint density at radius 1 is 1.14 bits per heavy atom. The van der Waals surface area contributed by atoms with Gasteiger partial charge in [-0.25, -0.2) is 0 Å². The van der Waals surface area contributed by atoms with E-state index in [4.69, 9.17) is 5.11 Å². The van der Waals surface area contributed by atoms with Crippen molar-refractivity contribution in [2.45, 2.75) is 25.2 Å². The van der Waals surface area contributed by atoms with Gasteiger partial charge in [-0.3, -0.25) is 9.59 Å². The van der Waals surface area contributed by atoms with E-state index in [1.165, 1.54) is 16.2 Å². The molecule has 0 aliphatic heterocycles. The molecule has 1 atom stereocenters. The smallest absolute Gasteiger partial charge is 0.304 e. The summed E-state index contributed by atoms with van der Waals surface area (Å²) < 4.78 is 0. The summed E-state index contributed by atoms with van der Waals surface area (Å²) in [5.74, 6) is -1.21. The Balaban J connectivity index is 1.81. The molecule has 0 bridgehead atoms. The van der Waals surface area contributed by atoms with Gasteiger partial charge in [0.1, 0.15) is 0 Å². The van der Waals surface area contributed by atoms with E-state index in [1.54, 1.807) is 11.3 Å². The highest BCUT2D eigenvalue weighted by Gasteiger charge is 2.20. The van der Waals surface area contributed by atoms with Crippen molar-refractivity contribution in [3.8, 4) is 0 Å². The maximum Gasteiger partial charge on any atom is 0.304 e. The topological polar surface area (TPSA) is 66.4 Å². The van der Waals surface area contributed by atoms with Crippen molar-refractivity contribution < 1.29 is 14.7 Å². The van der Waals surface area contributed by atoms with Crippen LogP contribution >= 0.6 is 22.7 Å². The first-order chi connectivity index (χ1) is 10.1. The molecule has 0 spiro atoms. The lowest BCUT2D eigenvalue weighted by Crippen LogP contribution is -2.27. The van der Waals surface area contributed by atoms with Crippen LogP contribution in [0.3, 0.4) is 0 Å². The summed E-state index contributed by atoms with van der Waals surface area (Å²) in [7, 11) is 0. The fourth-order valence-electron chi connectivity index (χ4n) is 2.08. The molecule has 112 valence electrons. The molecule has 4 nitrogen and oxygen atoms in total. The van der Waals surface area contributed by atoms with Gasteiger partial charge in [-0.15, -0.1) is 22.7 Å². The SMILES string of the molecule is O=C(O)C[C@@H](CC(=O)NCCc1cccs1)c1cccs1. The van der Waals surface area contributed by atoms with Crippen LogP contribution in [0.5, 0.6) is 0 Å². The standard InChI is InChI=1S/C15H17NO3S2/c17-14(16-6-5-12-3-1-7-20-12)9-11(10-15(18)19)13-4-2-8-21-13/h1-4,7-8,11H,5-6,9-10H2,(H,16,17)(H,18,19)/t11-/m1/s1. The third kappa shape index (κ3) is 5.32. The second-order valence-electron chi connectivity index (χ2n) is 4.69. The molecule has 0 aromatic carbocycles. The highest BCUT2D eigenvalue weighted by molar-refractivity contribution is 7.10. The number of hydrogen-bond acceptors (Lipinski definition) is 4. The van der Waals surface area contributed by atoms with Crippen LogP contribution in [0.1, 0.15) is 28.5 Å².